The van der Waals surface area contributed by atoms with Gasteiger partial charge in [0.1, 0.15) is 0 Å². The van der Waals surface area contributed by atoms with Crippen molar-refractivity contribution in [1.82, 2.24) is 5.32 Å². The van der Waals surface area contributed by atoms with Crippen molar-refractivity contribution in [3.8, 4) is 6.19 Å². The normalized spacial score (nSPS) is 11.2. The number of benzene rings is 1. The second-order valence-electron chi connectivity index (χ2n) is 3.38. The third kappa shape index (κ3) is 5.96. The van der Waals surface area contributed by atoms with E-state index in [9.17, 15) is 0 Å². The Morgan fingerprint density at radius 2 is 2.11 bits per heavy atom. The zero-order valence-corrected chi connectivity index (χ0v) is 13.5. The Morgan fingerprint density at radius 3 is 2.68 bits per heavy atom. The van der Waals surface area contributed by atoms with Crippen molar-refractivity contribution in [3.63, 3.8) is 0 Å². The minimum atomic E-state index is 0.638. The summed E-state index contributed by atoms with van der Waals surface area (Å²) in [5.74, 6) is 1.60. The number of aliphatic imine (C=N–C) groups is 1. The van der Waals surface area contributed by atoms with Gasteiger partial charge < -0.3 is 0 Å². The molecule has 0 aliphatic carbocycles. The SMILES string of the molecule is CSC(=NCCSCc1c(Cl)cccc1Cl)NC#N. The van der Waals surface area contributed by atoms with E-state index in [1.165, 1.54) is 11.8 Å². The van der Waals surface area contributed by atoms with Crippen LogP contribution in [0.25, 0.3) is 0 Å². The molecule has 1 rings (SSSR count). The maximum absolute atomic E-state index is 8.49. The largest absolute Gasteiger partial charge is 0.272 e. The van der Waals surface area contributed by atoms with E-state index in [1.807, 2.05) is 30.6 Å². The highest BCUT2D eigenvalue weighted by atomic mass is 35.5. The maximum Gasteiger partial charge on any atom is 0.183 e. The molecular weight excluding hydrogens is 321 g/mol. The fourth-order valence-corrected chi connectivity index (χ4v) is 3.20. The van der Waals surface area contributed by atoms with E-state index in [1.54, 1.807) is 11.8 Å². The number of nitrogens with one attached hydrogen (secondary N) is 1. The molecule has 0 atom stereocenters. The molecule has 1 aromatic rings. The molecule has 0 amide bonds. The molecular formula is C12H13Cl2N3S2. The lowest BCUT2D eigenvalue weighted by molar-refractivity contribution is 1.12. The topological polar surface area (TPSA) is 48.2 Å². The van der Waals surface area contributed by atoms with Gasteiger partial charge in [0.25, 0.3) is 0 Å². The molecule has 1 aromatic carbocycles. The molecule has 0 fully saturated rings. The van der Waals surface area contributed by atoms with Crippen molar-refractivity contribution >= 4 is 51.9 Å². The monoisotopic (exact) mass is 333 g/mol. The van der Waals surface area contributed by atoms with Crippen LogP contribution in [0.1, 0.15) is 5.56 Å². The number of hydrogen-bond donors (Lipinski definition) is 1. The van der Waals surface area contributed by atoms with Crippen LogP contribution in [-0.4, -0.2) is 23.7 Å². The predicted octanol–water partition coefficient (Wildman–Crippen LogP) is 4.02. The van der Waals surface area contributed by atoms with Crippen LogP contribution >= 0.6 is 46.7 Å². The van der Waals surface area contributed by atoms with Gasteiger partial charge in [-0.05, 0) is 24.0 Å². The van der Waals surface area contributed by atoms with Gasteiger partial charge in [-0.25, -0.2) is 0 Å². The van der Waals surface area contributed by atoms with Crippen LogP contribution in [0.3, 0.4) is 0 Å². The van der Waals surface area contributed by atoms with E-state index >= 15 is 0 Å². The van der Waals surface area contributed by atoms with Crippen LogP contribution in [0.4, 0.5) is 0 Å². The summed E-state index contributed by atoms with van der Waals surface area (Å²) in [6.45, 7) is 0.650. The van der Waals surface area contributed by atoms with Gasteiger partial charge in [0.05, 0.1) is 6.54 Å². The summed E-state index contributed by atoms with van der Waals surface area (Å²) in [6.07, 6.45) is 3.73. The minimum Gasteiger partial charge on any atom is -0.272 e. The summed E-state index contributed by atoms with van der Waals surface area (Å²) in [5.41, 5.74) is 0.958. The molecule has 0 bridgehead atoms. The van der Waals surface area contributed by atoms with Crippen LogP contribution in [-0.2, 0) is 5.75 Å². The average Bonchev–Trinajstić information content (AvgIpc) is 2.40. The zero-order chi connectivity index (χ0) is 14.1. The van der Waals surface area contributed by atoms with Gasteiger partial charge in [0, 0.05) is 21.6 Å². The Labute approximate surface area is 131 Å². The molecule has 0 aromatic heterocycles. The van der Waals surface area contributed by atoms with Gasteiger partial charge in [-0.2, -0.15) is 17.0 Å². The van der Waals surface area contributed by atoms with Gasteiger partial charge >= 0.3 is 0 Å². The number of nitrogens with zero attached hydrogens (tertiary/aromatic N) is 2. The number of nitriles is 1. The predicted molar refractivity (Wildman–Crippen MR) is 87.2 cm³/mol. The number of amidine groups is 1. The van der Waals surface area contributed by atoms with E-state index in [-0.39, 0.29) is 0 Å². The molecule has 0 spiro atoms. The average molecular weight is 334 g/mol. The van der Waals surface area contributed by atoms with Gasteiger partial charge in [-0.1, -0.05) is 41.0 Å². The van der Waals surface area contributed by atoms with Crippen molar-refractivity contribution in [2.75, 3.05) is 18.6 Å². The van der Waals surface area contributed by atoms with Gasteiger partial charge in [-0.15, -0.1) is 0 Å². The number of rotatable bonds is 5. The Morgan fingerprint density at radius 1 is 1.42 bits per heavy atom. The molecule has 19 heavy (non-hydrogen) atoms. The Hall–Kier alpha value is -0.540. The lowest BCUT2D eigenvalue weighted by Gasteiger charge is -2.06. The van der Waals surface area contributed by atoms with Crippen LogP contribution in [0, 0.1) is 11.5 Å². The molecule has 7 heteroatoms. The van der Waals surface area contributed by atoms with Crippen molar-refractivity contribution in [3.05, 3.63) is 33.8 Å². The number of hydrogen-bond acceptors (Lipinski definition) is 4. The summed E-state index contributed by atoms with van der Waals surface area (Å²) < 4.78 is 0. The smallest absolute Gasteiger partial charge is 0.183 e. The van der Waals surface area contributed by atoms with Crippen LogP contribution < -0.4 is 5.32 Å². The lowest BCUT2D eigenvalue weighted by Crippen LogP contribution is -2.13. The molecule has 1 N–H and O–H groups in total. The first kappa shape index (κ1) is 16.5. The van der Waals surface area contributed by atoms with Crippen LogP contribution in [0.15, 0.2) is 23.2 Å². The molecule has 0 radical (unpaired) electrons. The van der Waals surface area contributed by atoms with E-state index in [2.05, 4.69) is 10.3 Å². The number of halogens is 2. The first-order valence-electron chi connectivity index (χ1n) is 5.43. The zero-order valence-electron chi connectivity index (χ0n) is 10.3. The third-order valence-corrected chi connectivity index (χ3v) is 4.45. The molecule has 0 saturated carbocycles. The van der Waals surface area contributed by atoms with Crippen molar-refractivity contribution < 1.29 is 0 Å². The molecule has 102 valence electrons. The molecule has 0 heterocycles. The molecule has 0 saturated heterocycles. The van der Waals surface area contributed by atoms with Crippen molar-refractivity contribution in [2.45, 2.75) is 5.75 Å². The second-order valence-corrected chi connectivity index (χ2v) is 6.10. The van der Waals surface area contributed by atoms with E-state index in [0.29, 0.717) is 21.8 Å². The van der Waals surface area contributed by atoms with Gasteiger partial charge in [0.2, 0.25) is 0 Å². The summed E-state index contributed by atoms with van der Waals surface area (Å²) in [4.78, 5) is 4.27. The fourth-order valence-electron chi connectivity index (χ4n) is 1.26. The van der Waals surface area contributed by atoms with Gasteiger partial charge in [0.15, 0.2) is 11.4 Å². The summed E-state index contributed by atoms with van der Waals surface area (Å²) in [7, 11) is 0. The summed E-state index contributed by atoms with van der Waals surface area (Å²) in [6, 6.07) is 5.51. The lowest BCUT2D eigenvalue weighted by atomic mass is 10.2. The van der Waals surface area contributed by atoms with Crippen molar-refractivity contribution in [2.24, 2.45) is 4.99 Å². The quantitative estimate of drug-likeness (QED) is 0.290. The standard InChI is InChI=1S/C12H13Cl2N3S2/c1-18-12(17-8-15)16-5-6-19-7-9-10(13)3-2-4-11(9)14/h2-4H,5-7H2,1H3,(H,16,17). The van der Waals surface area contributed by atoms with E-state index in [0.717, 1.165) is 17.1 Å². The molecule has 0 unspecified atom stereocenters. The molecule has 0 aliphatic heterocycles. The number of thioether (sulfide) groups is 2. The Balaban J connectivity index is 2.37. The van der Waals surface area contributed by atoms with E-state index < -0.39 is 0 Å². The van der Waals surface area contributed by atoms with Gasteiger partial charge in [-0.3, -0.25) is 10.3 Å². The molecule has 3 nitrogen and oxygen atoms in total. The highest BCUT2D eigenvalue weighted by Crippen LogP contribution is 2.28. The van der Waals surface area contributed by atoms with Crippen molar-refractivity contribution in [1.29, 1.82) is 5.26 Å². The summed E-state index contributed by atoms with van der Waals surface area (Å²) >= 11 is 15.3. The molecule has 0 aliphatic rings. The maximum atomic E-state index is 8.49. The van der Waals surface area contributed by atoms with Crippen LogP contribution in [0.2, 0.25) is 10.0 Å². The third-order valence-electron chi connectivity index (χ3n) is 2.16. The Kier molecular flexibility index (Phi) is 8.15. The highest BCUT2D eigenvalue weighted by molar-refractivity contribution is 8.13. The summed E-state index contributed by atoms with van der Waals surface area (Å²) in [5, 5.41) is 13.0. The second kappa shape index (κ2) is 9.38. The Bertz CT molecular complexity index is 466. The highest BCUT2D eigenvalue weighted by Gasteiger charge is 2.04. The van der Waals surface area contributed by atoms with E-state index in [4.69, 9.17) is 28.5 Å². The van der Waals surface area contributed by atoms with Crippen LogP contribution in [0.5, 0.6) is 0 Å². The first-order valence-corrected chi connectivity index (χ1v) is 8.56. The first-order chi connectivity index (χ1) is 9.19. The fraction of sp³-hybridized carbons (Fsp3) is 0.333. The minimum absolute atomic E-state index is 0.638.